The summed E-state index contributed by atoms with van der Waals surface area (Å²) in [7, 11) is 0. The van der Waals surface area contributed by atoms with E-state index in [-0.39, 0.29) is 17.4 Å². The molecule has 3 heteroatoms. The van der Waals surface area contributed by atoms with Gasteiger partial charge in [0, 0.05) is 0 Å². The molecular formula is C23H31NO2. The molecule has 0 fully saturated rings. The van der Waals surface area contributed by atoms with Crippen LogP contribution < -0.4 is 10.1 Å². The summed E-state index contributed by atoms with van der Waals surface area (Å²) in [4.78, 5) is 12.6. The summed E-state index contributed by atoms with van der Waals surface area (Å²) in [6.07, 6.45) is 0.128. The molecule has 0 aliphatic rings. The Balaban J connectivity index is 2.02. The van der Waals surface area contributed by atoms with Crippen molar-refractivity contribution in [2.24, 2.45) is 0 Å². The van der Waals surface area contributed by atoms with Gasteiger partial charge in [-0.3, -0.25) is 4.79 Å². The molecule has 2 rings (SSSR count). The highest BCUT2D eigenvalue weighted by atomic mass is 16.5. The molecule has 0 aliphatic heterocycles. The normalized spacial score (nSPS) is 13.8. The monoisotopic (exact) mass is 353 g/mol. The van der Waals surface area contributed by atoms with E-state index in [4.69, 9.17) is 4.74 Å². The number of carbonyl (C=O) groups excluding carboxylic acids is 1. The van der Waals surface area contributed by atoms with E-state index in [1.807, 2.05) is 45.0 Å². The molecule has 26 heavy (non-hydrogen) atoms. The number of aryl methyl sites for hydroxylation is 1. The lowest BCUT2D eigenvalue weighted by Crippen LogP contribution is -2.39. The molecule has 2 aromatic rings. The van der Waals surface area contributed by atoms with E-state index in [1.54, 1.807) is 0 Å². The first-order valence-electron chi connectivity index (χ1n) is 9.35. The van der Waals surface area contributed by atoms with E-state index < -0.39 is 6.10 Å². The van der Waals surface area contributed by atoms with Gasteiger partial charge in [0.1, 0.15) is 5.75 Å². The molecule has 0 saturated heterocycles. The van der Waals surface area contributed by atoms with Gasteiger partial charge in [0.15, 0.2) is 6.10 Å². The Morgan fingerprint density at radius 1 is 1.12 bits per heavy atom. The summed E-state index contributed by atoms with van der Waals surface area (Å²) >= 11 is 0. The molecular weight excluding hydrogens is 322 g/mol. The second-order valence-electron chi connectivity index (χ2n) is 7.93. The molecule has 0 aromatic heterocycles. The van der Waals surface area contributed by atoms with E-state index in [1.165, 1.54) is 5.56 Å². The fourth-order valence-electron chi connectivity index (χ4n) is 2.84. The van der Waals surface area contributed by atoms with Gasteiger partial charge in [-0.15, -0.1) is 0 Å². The summed E-state index contributed by atoms with van der Waals surface area (Å²) < 4.78 is 5.89. The van der Waals surface area contributed by atoms with E-state index >= 15 is 0 Å². The van der Waals surface area contributed by atoms with E-state index in [2.05, 4.69) is 50.4 Å². The van der Waals surface area contributed by atoms with Gasteiger partial charge >= 0.3 is 0 Å². The first-order valence-corrected chi connectivity index (χ1v) is 9.35. The maximum Gasteiger partial charge on any atom is 0.261 e. The third-order valence-corrected chi connectivity index (χ3v) is 4.57. The fraction of sp³-hybridized carbons (Fsp3) is 0.435. The maximum absolute atomic E-state index is 12.6. The first kappa shape index (κ1) is 20.0. The minimum atomic E-state index is -0.493. The van der Waals surface area contributed by atoms with Crippen molar-refractivity contribution in [2.45, 2.75) is 65.5 Å². The smallest absolute Gasteiger partial charge is 0.261 e. The van der Waals surface area contributed by atoms with Crippen molar-refractivity contribution in [2.75, 3.05) is 0 Å². The van der Waals surface area contributed by atoms with Crippen molar-refractivity contribution in [1.82, 2.24) is 5.32 Å². The predicted molar refractivity (Wildman–Crippen MR) is 108 cm³/mol. The van der Waals surface area contributed by atoms with Crippen molar-refractivity contribution in [1.29, 1.82) is 0 Å². The molecule has 2 aromatic carbocycles. The third-order valence-electron chi connectivity index (χ3n) is 4.57. The molecule has 0 spiro atoms. The molecule has 2 atom stereocenters. The highest BCUT2D eigenvalue weighted by Gasteiger charge is 2.21. The zero-order valence-electron chi connectivity index (χ0n) is 16.8. The van der Waals surface area contributed by atoms with Crippen molar-refractivity contribution in [3.8, 4) is 5.75 Å². The van der Waals surface area contributed by atoms with Crippen molar-refractivity contribution < 1.29 is 9.53 Å². The lowest BCUT2D eigenvalue weighted by atomic mass is 9.86. The Hall–Kier alpha value is -2.29. The first-order chi connectivity index (χ1) is 12.2. The van der Waals surface area contributed by atoms with Gasteiger partial charge in [-0.05, 0) is 54.5 Å². The Bertz CT molecular complexity index is 729. The van der Waals surface area contributed by atoms with Crippen molar-refractivity contribution >= 4 is 5.91 Å². The average molecular weight is 354 g/mol. The van der Waals surface area contributed by atoms with Gasteiger partial charge in [0.25, 0.3) is 5.91 Å². The SMILES string of the molecule is CC[C@H](Oc1cccc(C)c1)C(=O)N[C@H](C)c1ccc(C(C)(C)C)cc1. The van der Waals surface area contributed by atoms with Crippen LogP contribution in [0.4, 0.5) is 0 Å². The number of amides is 1. The van der Waals surface area contributed by atoms with Gasteiger partial charge in [-0.25, -0.2) is 0 Å². The Morgan fingerprint density at radius 3 is 2.31 bits per heavy atom. The van der Waals surface area contributed by atoms with Crippen LogP contribution in [0, 0.1) is 6.92 Å². The number of benzene rings is 2. The molecule has 1 amide bonds. The zero-order chi connectivity index (χ0) is 19.3. The van der Waals surface area contributed by atoms with Crippen LogP contribution in [-0.4, -0.2) is 12.0 Å². The van der Waals surface area contributed by atoms with Gasteiger partial charge in [-0.1, -0.05) is 64.1 Å². The number of hydrogen-bond acceptors (Lipinski definition) is 2. The van der Waals surface area contributed by atoms with Crippen molar-refractivity contribution in [3.63, 3.8) is 0 Å². The minimum absolute atomic E-state index is 0.0633. The topological polar surface area (TPSA) is 38.3 Å². The number of rotatable bonds is 6. The summed E-state index contributed by atoms with van der Waals surface area (Å²) in [5.74, 6) is 0.649. The van der Waals surface area contributed by atoms with Crippen molar-refractivity contribution in [3.05, 3.63) is 65.2 Å². The summed E-state index contributed by atoms with van der Waals surface area (Å²) in [6, 6.07) is 16.2. The van der Waals surface area contributed by atoms with E-state index in [0.29, 0.717) is 6.42 Å². The summed E-state index contributed by atoms with van der Waals surface area (Å²) in [6.45, 7) is 12.6. The standard InChI is InChI=1S/C23H31NO2/c1-7-21(26-20-10-8-9-16(2)15-20)22(25)24-17(3)18-11-13-19(14-12-18)23(4,5)6/h8-15,17,21H,7H2,1-6H3,(H,24,25)/t17-,21+/m1/s1. The highest BCUT2D eigenvalue weighted by molar-refractivity contribution is 5.81. The molecule has 0 bridgehead atoms. The van der Waals surface area contributed by atoms with Gasteiger partial charge < -0.3 is 10.1 Å². The maximum atomic E-state index is 12.6. The lowest BCUT2D eigenvalue weighted by Gasteiger charge is -2.22. The van der Waals surface area contributed by atoms with Gasteiger partial charge in [0.05, 0.1) is 6.04 Å². The molecule has 0 saturated carbocycles. The van der Waals surface area contributed by atoms with Crippen LogP contribution in [0.25, 0.3) is 0 Å². The molecule has 0 radical (unpaired) electrons. The predicted octanol–water partition coefficient (Wildman–Crippen LogP) is 5.33. The molecule has 0 heterocycles. The van der Waals surface area contributed by atoms with Gasteiger partial charge in [-0.2, -0.15) is 0 Å². The second kappa shape index (κ2) is 8.39. The molecule has 1 N–H and O–H groups in total. The van der Waals surface area contributed by atoms with Crippen LogP contribution in [0.1, 0.15) is 63.8 Å². The molecule has 0 aliphatic carbocycles. The zero-order valence-corrected chi connectivity index (χ0v) is 16.8. The van der Waals surface area contributed by atoms with Crippen LogP contribution in [0.3, 0.4) is 0 Å². The van der Waals surface area contributed by atoms with Crippen LogP contribution in [-0.2, 0) is 10.2 Å². The quantitative estimate of drug-likeness (QED) is 0.762. The summed E-state index contributed by atoms with van der Waals surface area (Å²) in [5, 5.41) is 3.08. The van der Waals surface area contributed by atoms with Gasteiger partial charge in [0.2, 0.25) is 0 Å². The third kappa shape index (κ3) is 5.35. The number of ether oxygens (including phenoxy) is 1. The van der Waals surface area contributed by atoms with Crippen LogP contribution >= 0.6 is 0 Å². The van der Waals surface area contributed by atoms with E-state index in [9.17, 15) is 4.79 Å². The van der Waals surface area contributed by atoms with Crippen LogP contribution in [0.15, 0.2) is 48.5 Å². The number of hydrogen-bond donors (Lipinski definition) is 1. The Labute approximate surface area is 157 Å². The van der Waals surface area contributed by atoms with Crippen LogP contribution in [0.5, 0.6) is 5.75 Å². The molecule has 3 nitrogen and oxygen atoms in total. The summed E-state index contributed by atoms with van der Waals surface area (Å²) in [5.41, 5.74) is 3.62. The van der Waals surface area contributed by atoms with Crippen LogP contribution in [0.2, 0.25) is 0 Å². The average Bonchev–Trinajstić information content (AvgIpc) is 2.59. The highest BCUT2D eigenvalue weighted by Crippen LogP contribution is 2.24. The minimum Gasteiger partial charge on any atom is -0.481 e. The Morgan fingerprint density at radius 2 is 1.77 bits per heavy atom. The Kier molecular flexibility index (Phi) is 6.47. The number of nitrogens with one attached hydrogen (secondary N) is 1. The van der Waals surface area contributed by atoms with E-state index in [0.717, 1.165) is 16.9 Å². The molecule has 140 valence electrons. The lowest BCUT2D eigenvalue weighted by molar-refractivity contribution is -0.128. The largest absolute Gasteiger partial charge is 0.481 e. The molecule has 0 unspecified atom stereocenters. The fourth-order valence-corrected chi connectivity index (χ4v) is 2.84. The second-order valence-corrected chi connectivity index (χ2v) is 7.93. The number of carbonyl (C=O) groups is 1.